The number of rotatable bonds is 21. The standard InChI is InChI=1S/C33H63N3O3/c1-7-13-16-25(10-4)22-34-31(37)28-19-29(32(38)35-23-26(11-5)17-14-8-2)21-30(20-28)33(39)36-24-27(12-6)18-15-9-3/h25-30H,7-24H2,1-6H3,(H,34,37)(H,35,38)(H,36,39). The fourth-order valence-electron chi connectivity index (χ4n) is 5.96. The van der Waals surface area contributed by atoms with E-state index in [4.69, 9.17) is 0 Å². The van der Waals surface area contributed by atoms with E-state index in [-0.39, 0.29) is 35.5 Å². The second-order valence-corrected chi connectivity index (χ2v) is 12.3. The van der Waals surface area contributed by atoms with E-state index in [9.17, 15) is 14.4 Å². The molecule has 1 aliphatic carbocycles. The first-order chi connectivity index (χ1) is 18.8. The Morgan fingerprint density at radius 1 is 0.513 bits per heavy atom. The molecule has 39 heavy (non-hydrogen) atoms. The highest BCUT2D eigenvalue weighted by Gasteiger charge is 2.39. The third kappa shape index (κ3) is 14.0. The van der Waals surface area contributed by atoms with Gasteiger partial charge in [0.05, 0.1) is 0 Å². The molecule has 0 radical (unpaired) electrons. The van der Waals surface area contributed by atoms with E-state index in [1.807, 2.05) is 0 Å². The molecule has 0 aliphatic heterocycles. The second-order valence-electron chi connectivity index (χ2n) is 12.3. The average molecular weight is 550 g/mol. The molecule has 3 unspecified atom stereocenters. The van der Waals surface area contributed by atoms with Gasteiger partial charge in [-0.2, -0.15) is 0 Å². The van der Waals surface area contributed by atoms with Gasteiger partial charge in [-0.15, -0.1) is 0 Å². The highest BCUT2D eigenvalue weighted by atomic mass is 16.2. The molecule has 1 aliphatic rings. The third-order valence-corrected chi connectivity index (χ3v) is 9.14. The predicted octanol–water partition coefficient (Wildman–Crippen LogP) is 7.02. The van der Waals surface area contributed by atoms with Gasteiger partial charge in [-0.25, -0.2) is 0 Å². The summed E-state index contributed by atoms with van der Waals surface area (Å²) in [6, 6.07) is 0. The minimum absolute atomic E-state index is 0.0176. The summed E-state index contributed by atoms with van der Waals surface area (Å²) in [6.07, 6.45) is 15.1. The maximum Gasteiger partial charge on any atom is 0.223 e. The van der Waals surface area contributed by atoms with Crippen LogP contribution in [0.4, 0.5) is 0 Å². The quantitative estimate of drug-likeness (QED) is 0.144. The van der Waals surface area contributed by atoms with Crippen LogP contribution in [0.15, 0.2) is 0 Å². The molecule has 0 saturated heterocycles. The van der Waals surface area contributed by atoms with Crippen molar-refractivity contribution in [1.29, 1.82) is 0 Å². The molecular formula is C33H63N3O3. The van der Waals surface area contributed by atoms with E-state index < -0.39 is 0 Å². The van der Waals surface area contributed by atoms with Crippen molar-refractivity contribution >= 4 is 17.7 Å². The summed E-state index contributed by atoms with van der Waals surface area (Å²) in [6.45, 7) is 15.2. The minimum Gasteiger partial charge on any atom is -0.356 e. The van der Waals surface area contributed by atoms with Gasteiger partial charge in [0.1, 0.15) is 0 Å². The summed E-state index contributed by atoms with van der Waals surface area (Å²) in [5.41, 5.74) is 0. The lowest BCUT2D eigenvalue weighted by Crippen LogP contribution is -2.46. The molecule has 6 nitrogen and oxygen atoms in total. The molecule has 0 aromatic carbocycles. The van der Waals surface area contributed by atoms with Crippen LogP contribution in [0.25, 0.3) is 0 Å². The molecule has 0 bridgehead atoms. The van der Waals surface area contributed by atoms with Crippen LogP contribution >= 0.6 is 0 Å². The molecule has 3 atom stereocenters. The smallest absolute Gasteiger partial charge is 0.223 e. The van der Waals surface area contributed by atoms with Crippen LogP contribution in [-0.2, 0) is 14.4 Å². The van der Waals surface area contributed by atoms with E-state index in [0.717, 1.165) is 57.8 Å². The normalized spacial score (nSPS) is 21.5. The Labute approximate surface area is 241 Å². The first-order valence-electron chi connectivity index (χ1n) is 16.7. The largest absolute Gasteiger partial charge is 0.356 e. The van der Waals surface area contributed by atoms with Gasteiger partial charge in [0.2, 0.25) is 17.7 Å². The van der Waals surface area contributed by atoms with Crippen LogP contribution < -0.4 is 16.0 Å². The van der Waals surface area contributed by atoms with Gasteiger partial charge in [-0.3, -0.25) is 14.4 Å². The first kappa shape index (κ1) is 35.4. The number of hydrogen-bond donors (Lipinski definition) is 3. The number of hydrogen-bond acceptors (Lipinski definition) is 3. The molecule has 0 aromatic rings. The maximum absolute atomic E-state index is 13.3. The van der Waals surface area contributed by atoms with E-state index in [1.165, 1.54) is 19.3 Å². The molecule has 6 heteroatoms. The van der Waals surface area contributed by atoms with Crippen LogP contribution in [0.5, 0.6) is 0 Å². The second kappa shape index (κ2) is 21.2. The number of amides is 3. The summed E-state index contributed by atoms with van der Waals surface area (Å²) >= 11 is 0. The number of carbonyl (C=O) groups is 3. The fourth-order valence-corrected chi connectivity index (χ4v) is 5.96. The molecule has 3 N–H and O–H groups in total. The fraction of sp³-hybridized carbons (Fsp3) is 0.909. The molecule has 1 saturated carbocycles. The Morgan fingerprint density at radius 3 is 0.974 bits per heavy atom. The van der Waals surface area contributed by atoms with Gasteiger partial charge in [0.15, 0.2) is 0 Å². The summed E-state index contributed by atoms with van der Waals surface area (Å²) in [4.78, 5) is 39.9. The van der Waals surface area contributed by atoms with Crippen molar-refractivity contribution in [2.24, 2.45) is 35.5 Å². The van der Waals surface area contributed by atoms with E-state index in [0.29, 0.717) is 56.7 Å². The Balaban J connectivity index is 2.87. The lowest BCUT2D eigenvalue weighted by Gasteiger charge is -2.33. The van der Waals surface area contributed by atoms with Crippen molar-refractivity contribution in [2.75, 3.05) is 19.6 Å². The van der Waals surface area contributed by atoms with Gasteiger partial charge in [-0.1, -0.05) is 99.3 Å². The van der Waals surface area contributed by atoms with Crippen molar-refractivity contribution in [3.05, 3.63) is 0 Å². The summed E-state index contributed by atoms with van der Waals surface area (Å²) in [5, 5.41) is 9.58. The molecule has 1 fully saturated rings. The zero-order valence-corrected chi connectivity index (χ0v) is 26.4. The maximum atomic E-state index is 13.3. The van der Waals surface area contributed by atoms with E-state index >= 15 is 0 Å². The van der Waals surface area contributed by atoms with Crippen LogP contribution in [0.2, 0.25) is 0 Å². The van der Waals surface area contributed by atoms with E-state index in [1.54, 1.807) is 0 Å². The summed E-state index contributed by atoms with van der Waals surface area (Å²) < 4.78 is 0. The molecule has 1 rings (SSSR count). The number of unbranched alkanes of at least 4 members (excludes halogenated alkanes) is 3. The third-order valence-electron chi connectivity index (χ3n) is 9.14. The van der Waals surface area contributed by atoms with Crippen LogP contribution in [0.3, 0.4) is 0 Å². The molecule has 0 heterocycles. The highest BCUT2D eigenvalue weighted by molar-refractivity contribution is 5.86. The summed E-state index contributed by atoms with van der Waals surface area (Å²) in [5.74, 6) is 0.628. The summed E-state index contributed by atoms with van der Waals surface area (Å²) in [7, 11) is 0. The number of nitrogens with one attached hydrogen (secondary N) is 3. The van der Waals surface area contributed by atoms with Crippen molar-refractivity contribution in [3.8, 4) is 0 Å². The van der Waals surface area contributed by atoms with Crippen LogP contribution in [0, 0.1) is 35.5 Å². The van der Waals surface area contributed by atoms with Crippen LogP contribution in [-0.4, -0.2) is 37.4 Å². The monoisotopic (exact) mass is 549 g/mol. The minimum atomic E-state index is -0.293. The molecular weight excluding hydrogens is 486 g/mol. The Kier molecular flexibility index (Phi) is 19.3. The SMILES string of the molecule is CCCCC(CC)CNC(=O)C1CC(C(=O)NCC(CC)CCCC)CC(C(=O)NCC(CC)CCCC)C1. The van der Waals surface area contributed by atoms with Crippen molar-refractivity contribution in [1.82, 2.24) is 16.0 Å². The van der Waals surface area contributed by atoms with Gasteiger partial charge < -0.3 is 16.0 Å². The topological polar surface area (TPSA) is 87.3 Å². The number of carbonyl (C=O) groups excluding carboxylic acids is 3. The van der Waals surface area contributed by atoms with Gasteiger partial charge >= 0.3 is 0 Å². The van der Waals surface area contributed by atoms with Crippen LogP contribution in [0.1, 0.15) is 138 Å². The zero-order chi connectivity index (χ0) is 29.0. The van der Waals surface area contributed by atoms with Crippen molar-refractivity contribution in [2.45, 2.75) is 138 Å². The van der Waals surface area contributed by atoms with Crippen molar-refractivity contribution < 1.29 is 14.4 Å². The Bertz CT molecular complexity index is 587. The Morgan fingerprint density at radius 2 is 0.769 bits per heavy atom. The average Bonchev–Trinajstić information content (AvgIpc) is 2.96. The predicted molar refractivity (Wildman–Crippen MR) is 163 cm³/mol. The van der Waals surface area contributed by atoms with Gasteiger partial charge in [0.25, 0.3) is 0 Å². The lowest BCUT2D eigenvalue weighted by molar-refractivity contribution is -0.135. The Hall–Kier alpha value is -1.59. The van der Waals surface area contributed by atoms with Crippen molar-refractivity contribution in [3.63, 3.8) is 0 Å². The molecule has 0 spiro atoms. The molecule has 0 aromatic heterocycles. The molecule has 228 valence electrons. The van der Waals surface area contributed by atoms with Gasteiger partial charge in [0, 0.05) is 37.4 Å². The van der Waals surface area contributed by atoms with E-state index in [2.05, 4.69) is 57.5 Å². The lowest BCUT2D eigenvalue weighted by atomic mass is 9.73. The van der Waals surface area contributed by atoms with Gasteiger partial charge in [-0.05, 0) is 56.3 Å². The highest BCUT2D eigenvalue weighted by Crippen LogP contribution is 2.34. The zero-order valence-electron chi connectivity index (χ0n) is 26.4. The first-order valence-corrected chi connectivity index (χ1v) is 16.7. The molecule has 3 amide bonds.